The van der Waals surface area contributed by atoms with Crippen LogP contribution in [0.3, 0.4) is 0 Å². The van der Waals surface area contributed by atoms with Crippen LogP contribution in [0.15, 0.2) is 22.7 Å². The Hall–Kier alpha value is -0.450. The van der Waals surface area contributed by atoms with E-state index in [4.69, 9.17) is 5.73 Å². The molecule has 100 valence electrons. The van der Waals surface area contributed by atoms with E-state index in [0.29, 0.717) is 12.0 Å². The lowest BCUT2D eigenvalue weighted by Gasteiger charge is -2.37. The van der Waals surface area contributed by atoms with Crippen molar-refractivity contribution in [3.05, 3.63) is 34.1 Å². The van der Waals surface area contributed by atoms with Crippen molar-refractivity contribution in [1.82, 2.24) is 4.90 Å². The summed E-state index contributed by atoms with van der Waals surface area (Å²) >= 11 is 3.46. The summed E-state index contributed by atoms with van der Waals surface area (Å²) in [5.41, 5.74) is 6.92. The Morgan fingerprint density at radius 3 is 3.00 bits per heavy atom. The third-order valence-electron chi connectivity index (χ3n) is 3.84. The highest BCUT2D eigenvalue weighted by molar-refractivity contribution is 9.10. The van der Waals surface area contributed by atoms with E-state index in [2.05, 4.69) is 27.8 Å². The van der Waals surface area contributed by atoms with Crippen LogP contribution in [0.5, 0.6) is 0 Å². The molecule has 0 saturated carbocycles. The summed E-state index contributed by atoms with van der Waals surface area (Å²) < 4.78 is 14.0. The first-order chi connectivity index (χ1) is 8.61. The molecule has 0 radical (unpaired) electrons. The first kappa shape index (κ1) is 14.0. The lowest BCUT2D eigenvalue weighted by Crippen LogP contribution is -2.39. The molecule has 2 unspecified atom stereocenters. The predicted octanol–water partition coefficient (Wildman–Crippen LogP) is 3.32. The molecule has 1 aromatic carbocycles. The molecule has 2 rings (SSSR count). The van der Waals surface area contributed by atoms with Crippen LogP contribution in [0.2, 0.25) is 0 Å². The summed E-state index contributed by atoms with van der Waals surface area (Å²) in [6.45, 7) is 5.08. The van der Waals surface area contributed by atoms with Gasteiger partial charge in [-0.25, -0.2) is 4.39 Å². The number of hydrogen-bond acceptors (Lipinski definition) is 2. The van der Waals surface area contributed by atoms with Gasteiger partial charge in [0.25, 0.3) is 0 Å². The van der Waals surface area contributed by atoms with Crippen molar-refractivity contribution < 1.29 is 4.39 Å². The van der Waals surface area contributed by atoms with Gasteiger partial charge >= 0.3 is 0 Å². The summed E-state index contributed by atoms with van der Waals surface area (Å²) in [6.07, 6.45) is 2.43. The number of nitrogens with zero attached hydrogens (tertiary/aromatic N) is 1. The van der Waals surface area contributed by atoms with Gasteiger partial charge in [-0.1, -0.05) is 22.0 Å². The second-order valence-electron chi connectivity index (χ2n) is 5.08. The molecule has 2 nitrogen and oxygen atoms in total. The van der Waals surface area contributed by atoms with Gasteiger partial charge in [0.1, 0.15) is 5.82 Å². The van der Waals surface area contributed by atoms with Gasteiger partial charge in [-0.2, -0.15) is 0 Å². The van der Waals surface area contributed by atoms with E-state index in [1.807, 2.05) is 6.07 Å². The molecule has 1 fully saturated rings. The summed E-state index contributed by atoms with van der Waals surface area (Å²) in [5.74, 6) is 0.400. The average molecular weight is 315 g/mol. The Kier molecular flexibility index (Phi) is 4.76. The fourth-order valence-electron chi connectivity index (χ4n) is 2.68. The maximum absolute atomic E-state index is 13.1. The quantitative estimate of drug-likeness (QED) is 0.927. The second-order valence-corrected chi connectivity index (χ2v) is 5.94. The van der Waals surface area contributed by atoms with Gasteiger partial charge in [-0.15, -0.1) is 0 Å². The molecule has 1 aliphatic rings. The van der Waals surface area contributed by atoms with Crippen molar-refractivity contribution in [2.45, 2.75) is 25.8 Å². The Labute approximate surface area is 116 Å². The van der Waals surface area contributed by atoms with E-state index in [9.17, 15) is 4.39 Å². The number of nitrogens with two attached hydrogens (primary N) is 1. The van der Waals surface area contributed by atoms with E-state index >= 15 is 0 Å². The van der Waals surface area contributed by atoms with E-state index < -0.39 is 0 Å². The van der Waals surface area contributed by atoms with Gasteiger partial charge < -0.3 is 5.73 Å². The largest absolute Gasteiger partial charge is 0.330 e. The third kappa shape index (κ3) is 3.11. The standard InChI is InChI=1S/C14H20BrFN2/c1-10(13-5-4-12(16)7-14(13)15)18-6-2-3-11(8-17)9-18/h4-5,7,10-11H,2-3,6,8-9,17H2,1H3. The highest BCUT2D eigenvalue weighted by Crippen LogP contribution is 2.31. The summed E-state index contributed by atoms with van der Waals surface area (Å²) in [6, 6.07) is 5.24. The van der Waals surface area contributed by atoms with Crippen LogP contribution in [0.4, 0.5) is 4.39 Å². The molecule has 1 heterocycles. The fourth-order valence-corrected chi connectivity index (χ4v) is 3.36. The molecule has 1 aliphatic heterocycles. The van der Waals surface area contributed by atoms with E-state index in [0.717, 1.165) is 29.7 Å². The molecule has 0 amide bonds. The summed E-state index contributed by atoms with van der Waals surface area (Å²) in [7, 11) is 0. The van der Waals surface area contributed by atoms with Gasteiger partial charge in [0.05, 0.1) is 0 Å². The SMILES string of the molecule is CC(c1ccc(F)cc1Br)N1CCCC(CN)C1. The number of hydrogen-bond donors (Lipinski definition) is 1. The van der Waals surface area contributed by atoms with Crippen LogP contribution in [0.1, 0.15) is 31.4 Å². The van der Waals surface area contributed by atoms with E-state index in [1.54, 1.807) is 0 Å². The van der Waals surface area contributed by atoms with E-state index in [-0.39, 0.29) is 5.82 Å². The first-order valence-corrected chi connectivity index (χ1v) is 7.30. The van der Waals surface area contributed by atoms with Crippen LogP contribution in [-0.4, -0.2) is 24.5 Å². The number of halogens is 2. The van der Waals surface area contributed by atoms with Crippen LogP contribution in [0.25, 0.3) is 0 Å². The highest BCUT2D eigenvalue weighted by atomic mass is 79.9. The molecular weight excluding hydrogens is 295 g/mol. The molecule has 0 spiro atoms. The monoisotopic (exact) mass is 314 g/mol. The molecule has 0 bridgehead atoms. The third-order valence-corrected chi connectivity index (χ3v) is 4.53. The molecule has 1 aromatic rings. The Morgan fingerprint density at radius 2 is 2.33 bits per heavy atom. The first-order valence-electron chi connectivity index (χ1n) is 6.51. The molecule has 4 heteroatoms. The normalized spacial score (nSPS) is 23.0. The van der Waals surface area contributed by atoms with E-state index in [1.165, 1.54) is 25.0 Å². The minimum atomic E-state index is -0.198. The average Bonchev–Trinajstić information content (AvgIpc) is 2.38. The molecular formula is C14H20BrFN2. The van der Waals surface area contributed by atoms with Crippen LogP contribution >= 0.6 is 15.9 Å². The molecule has 18 heavy (non-hydrogen) atoms. The zero-order valence-electron chi connectivity index (χ0n) is 10.7. The molecule has 0 aromatic heterocycles. The summed E-state index contributed by atoms with van der Waals surface area (Å²) in [4.78, 5) is 2.44. The minimum Gasteiger partial charge on any atom is -0.330 e. The van der Waals surface area contributed by atoms with Crippen LogP contribution < -0.4 is 5.73 Å². The zero-order chi connectivity index (χ0) is 13.1. The van der Waals surface area contributed by atoms with Crippen molar-refractivity contribution in [3.63, 3.8) is 0 Å². The zero-order valence-corrected chi connectivity index (χ0v) is 12.3. The second kappa shape index (κ2) is 6.13. The van der Waals surface area contributed by atoms with Gasteiger partial charge in [-0.05, 0) is 56.5 Å². The lowest BCUT2D eigenvalue weighted by molar-refractivity contribution is 0.134. The molecule has 1 saturated heterocycles. The lowest BCUT2D eigenvalue weighted by atomic mass is 9.95. The Balaban J connectivity index is 2.12. The number of piperidine rings is 1. The number of likely N-dealkylation sites (tertiary alicyclic amines) is 1. The molecule has 2 N–H and O–H groups in total. The van der Waals surface area contributed by atoms with Crippen molar-refractivity contribution in [1.29, 1.82) is 0 Å². The van der Waals surface area contributed by atoms with Gasteiger partial charge in [0.2, 0.25) is 0 Å². The molecule has 2 atom stereocenters. The van der Waals surface area contributed by atoms with Crippen LogP contribution in [-0.2, 0) is 0 Å². The Bertz CT molecular complexity index is 411. The number of rotatable bonds is 3. The van der Waals surface area contributed by atoms with Gasteiger partial charge in [-0.3, -0.25) is 4.90 Å². The van der Waals surface area contributed by atoms with Crippen molar-refractivity contribution >= 4 is 15.9 Å². The maximum Gasteiger partial charge on any atom is 0.124 e. The maximum atomic E-state index is 13.1. The van der Waals surface area contributed by atoms with Crippen LogP contribution in [0, 0.1) is 11.7 Å². The minimum absolute atomic E-state index is 0.198. The smallest absolute Gasteiger partial charge is 0.124 e. The molecule has 0 aliphatic carbocycles. The van der Waals surface area contributed by atoms with Crippen molar-refractivity contribution in [2.24, 2.45) is 11.7 Å². The Morgan fingerprint density at radius 1 is 1.56 bits per heavy atom. The van der Waals surface area contributed by atoms with Gasteiger partial charge in [0.15, 0.2) is 0 Å². The van der Waals surface area contributed by atoms with Crippen molar-refractivity contribution in [3.8, 4) is 0 Å². The van der Waals surface area contributed by atoms with Crippen molar-refractivity contribution in [2.75, 3.05) is 19.6 Å². The summed E-state index contributed by atoms with van der Waals surface area (Å²) in [5, 5.41) is 0. The van der Waals surface area contributed by atoms with Gasteiger partial charge in [0, 0.05) is 17.1 Å². The predicted molar refractivity (Wildman–Crippen MR) is 75.9 cm³/mol. The fraction of sp³-hybridized carbons (Fsp3) is 0.571. The number of benzene rings is 1. The topological polar surface area (TPSA) is 29.3 Å². The highest BCUT2D eigenvalue weighted by Gasteiger charge is 2.24.